The van der Waals surface area contributed by atoms with Crippen molar-refractivity contribution in [1.82, 2.24) is 9.80 Å². The lowest BCUT2D eigenvalue weighted by Crippen LogP contribution is -2.46. The van der Waals surface area contributed by atoms with E-state index < -0.39 is 0 Å². The van der Waals surface area contributed by atoms with Crippen LogP contribution in [0.5, 0.6) is 11.5 Å². The number of piperazine rings is 1. The van der Waals surface area contributed by atoms with E-state index in [1.54, 1.807) is 12.1 Å². The number of hydrogen-bond donors (Lipinski definition) is 0. The normalized spacial score (nSPS) is 16.3. The molecule has 0 bridgehead atoms. The maximum absolute atomic E-state index is 10.8. The van der Waals surface area contributed by atoms with Crippen molar-refractivity contribution in [2.45, 2.75) is 20.3 Å². The number of carbonyl (C=O) groups is 1. The Morgan fingerprint density at radius 2 is 1.78 bits per heavy atom. The first-order valence-corrected chi connectivity index (χ1v) is 8.56. The number of rotatable bonds is 9. The minimum atomic E-state index is 0.556. The summed E-state index contributed by atoms with van der Waals surface area (Å²) >= 11 is 0. The van der Waals surface area contributed by atoms with Gasteiger partial charge < -0.3 is 19.3 Å². The van der Waals surface area contributed by atoms with E-state index in [0.29, 0.717) is 30.3 Å². The van der Waals surface area contributed by atoms with E-state index >= 15 is 0 Å². The number of aldehydes is 1. The Bertz CT molecular complexity index is 485. The third-order valence-corrected chi connectivity index (χ3v) is 4.19. The lowest BCUT2D eigenvalue weighted by molar-refractivity contribution is 0.112. The van der Waals surface area contributed by atoms with Gasteiger partial charge in [0.05, 0.1) is 13.2 Å². The highest BCUT2D eigenvalue weighted by Crippen LogP contribution is 2.28. The van der Waals surface area contributed by atoms with E-state index in [1.165, 1.54) is 13.1 Å². The van der Waals surface area contributed by atoms with Crippen molar-refractivity contribution >= 4 is 6.29 Å². The summed E-state index contributed by atoms with van der Waals surface area (Å²) in [6.07, 6.45) is 1.81. The SMILES string of the molecule is CCOc1cc(C=O)ccc1OCCCN1CCN(CC)CC1. The van der Waals surface area contributed by atoms with Gasteiger partial charge in [0.2, 0.25) is 0 Å². The van der Waals surface area contributed by atoms with Crippen LogP contribution in [0.2, 0.25) is 0 Å². The van der Waals surface area contributed by atoms with Gasteiger partial charge in [0, 0.05) is 38.3 Å². The summed E-state index contributed by atoms with van der Waals surface area (Å²) in [5.74, 6) is 1.36. The molecule has 5 nitrogen and oxygen atoms in total. The van der Waals surface area contributed by atoms with Gasteiger partial charge in [-0.3, -0.25) is 4.79 Å². The van der Waals surface area contributed by atoms with Crippen LogP contribution < -0.4 is 9.47 Å². The summed E-state index contributed by atoms with van der Waals surface area (Å²) in [5.41, 5.74) is 0.606. The minimum absolute atomic E-state index is 0.556. The molecule has 23 heavy (non-hydrogen) atoms. The zero-order valence-corrected chi connectivity index (χ0v) is 14.3. The average Bonchev–Trinajstić information content (AvgIpc) is 2.60. The first kappa shape index (κ1) is 17.8. The van der Waals surface area contributed by atoms with Crippen molar-refractivity contribution in [3.05, 3.63) is 23.8 Å². The second-order valence-corrected chi connectivity index (χ2v) is 5.73. The fourth-order valence-corrected chi connectivity index (χ4v) is 2.78. The van der Waals surface area contributed by atoms with E-state index in [-0.39, 0.29) is 0 Å². The number of hydrogen-bond acceptors (Lipinski definition) is 5. The van der Waals surface area contributed by atoms with Crippen molar-refractivity contribution in [1.29, 1.82) is 0 Å². The molecule has 0 aromatic heterocycles. The fourth-order valence-electron chi connectivity index (χ4n) is 2.78. The van der Waals surface area contributed by atoms with Crippen LogP contribution in [0.25, 0.3) is 0 Å². The monoisotopic (exact) mass is 320 g/mol. The third-order valence-electron chi connectivity index (χ3n) is 4.19. The molecule has 0 N–H and O–H groups in total. The molecule has 1 aliphatic heterocycles. The molecule has 1 aromatic carbocycles. The smallest absolute Gasteiger partial charge is 0.161 e. The van der Waals surface area contributed by atoms with Gasteiger partial charge in [0.15, 0.2) is 11.5 Å². The maximum Gasteiger partial charge on any atom is 0.161 e. The molecule has 1 saturated heterocycles. The van der Waals surface area contributed by atoms with E-state index in [4.69, 9.17) is 9.47 Å². The van der Waals surface area contributed by atoms with Gasteiger partial charge in [-0.15, -0.1) is 0 Å². The van der Waals surface area contributed by atoms with Crippen molar-refractivity contribution < 1.29 is 14.3 Å². The van der Waals surface area contributed by atoms with Gasteiger partial charge in [0.25, 0.3) is 0 Å². The Balaban J connectivity index is 1.74. The third kappa shape index (κ3) is 5.52. The van der Waals surface area contributed by atoms with Crippen LogP contribution in [0, 0.1) is 0 Å². The predicted molar refractivity (Wildman–Crippen MR) is 91.7 cm³/mol. The van der Waals surface area contributed by atoms with E-state index in [1.807, 2.05) is 13.0 Å². The molecule has 1 aliphatic rings. The van der Waals surface area contributed by atoms with Gasteiger partial charge in [-0.2, -0.15) is 0 Å². The highest BCUT2D eigenvalue weighted by atomic mass is 16.5. The molecule has 1 heterocycles. The Kier molecular flexibility index (Phi) is 7.36. The summed E-state index contributed by atoms with van der Waals surface area (Å²) in [5, 5.41) is 0. The molecule has 0 radical (unpaired) electrons. The maximum atomic E-state index is 10.8. The zero-order valence-electron chi connectivity index (χ0n) is 14.3. The Morgan fingerprint density at radius 1 is 1.04 bits per heavy atom. The lowest BCUT2D eigenvalue weighted by atomic mass is 10.2. The van der Waals surface area contributed by atoms with Gasteiger partial charge in [-0.25, -0.2) is 0 Å². The summed E-state index contributed by atoms with van der Waals surface area (Å²) in [7, 11) is 0. The largest absolute Gasteiger partial charge is 0.490 e. The number of nitrogens with zero attached hydrogens (tertiary/aromatic N) is 2. The Labute approximate surface area is 139 Å². The van der Waals surface area contributed by atoms with E-state index in [0.717, 1.165) is 38.9 Å². The molecule has 2 rings (SSSR count). The highest BCUT2D eigenvalue weighted by molar-refractivity contribution is 5.76. The van der Waals surface area contributed by atoms with Gasteiger partial charge in [-0.05, 0) is 38.1 Å². The van der Waals surface area contributed by atoms with Gasteiger partial charge >= 0.3 is 0 Å². The summed E-state index contributed by atoms with van der Waals surface area (Å²) in [6, 6.07) is 5.30. The molecule has 5 heteroatoms. The second kappa shape index (κ2) is 9.53. The summed E-state index contributed by atoms with van der Waals surface area (Å²) in [6.45, 7) is 12.2. The number of benzene rings is 1. The van der Waals surface area contributed by atoms with Crippen LogP contribution >= 0.6 is 0 Å². The van der Waals surface area contributed by atoms with Crippen LogP contribution in [0.15, 0.2) is 18.2 Å². The topological polar surface area (TPSA) is 42.0 Å². The quantitative estimate of drug-likeness (QED) is 0.516. The molecule has 0 spiro atoms. The van der Waals surface area contributed by atoms with Crippen LogP contribution in [-0.4, -0.2) is 68.6 Å². The average molecular weight is 320 g/mol. The van der Waals surface area contributed by atoms with Crippen molar-refractivity contribution in [3.8, 4) is 11.5 Å². The molecule has 1 aromatic rings. The Hall–Kier alpha value is -1.59. The molecule has 0 amide bonds. The van der Waals surface area contributed by atoms with Crippen LogP contribution in [0.4, 0.5) is 0 Å². The summed E-state index contributed by atoms with van der Waals surface area (Å²) < 4.78 is 11.4. The van der Waals surface area contributed by atoms with Crippen LogP contribution in [-0.2, 0) is 0 Å². The lowest BCUT2D eigenvalue weighted by Gasteiger charge is -2.33. The van der Waals surface area contributed by atoms with E-state index in [2.05, 4.69) is 16.7 Å². The van der Waals surface area contributed by atoms with Gasteiger partial charge in [-0.1, -0.05) is 6.92 Å². The summed E-state index contributed by atoms with van der Waals surface area (Å²) in [4.78, 5) is 15.8. The van der Waals surface area contributed by atoms with Crippen molar-refractivity contribution in [2.24, 2.45) is 0 Å². The van der Waals surface area contributed by atoms with Crippen LogP contribution in [0.1, 0.15) is 30.6 Å². The Morgan fingerprint density at radius 3 is 2.43 bits per heavy atom. The molecular formula is C18H28N2O3. The molecule has 128 valence electrons. The molecule has 0 unspecified atom stereocenters. The standard InChI is InChI=1S/C18H28N2O3/c1-3-19-9-11-20(12-10-19)8-5-13-23-17-7-6-16(15-21)14-18(17)22-4-2/h6-7,14-15H,3-5,8-13H2,1-2H3. The number of likely N-dealkylation sites (N-methyl/N-ethyl adjacent to an activating group) is 1. The fraction of sp³-hybridized carbons (Fsp3) is 0.611. The van der Waals surface area contributed by atoms with E-state index in [9.17, 15) is 4.79 Å². The second-order valence-electron chi connectivity index (χ2n) is 5.73. The highest BCUT2D eigenvalue weighted by Gasteiger charge is 2.14. The molecular weight excluding hydrogens is 292 g/mol. The molecule has 0 saturated carbocycles. The predicted octanol–water partition coefficient (Wildman–Crippen LogP) is 2.30. The minimum Gasteiger partial charge on any atom is -0.490 e. The molecule has 0 atom stereocenters. The first-order valence-electron chi connectivity index (χ1n) is 8.56. The van der Waals surface area contributed by atoms with Crippen molar-refractivity contribution in [3.63, 3.8) is 0 Å². The first-order chi connectivity index (χ1) is 11.3. The van der Waals surface area contributed by atoms with Crippen LogP contribution in [0.3, 0.4) is 0 Å². The number of carbonyl (C=O) groups excluding carboxylic acids is 1. The molecule has 0 aliphatic carbocycles. The zero-order chi connectivity index (χ0) is 16.5. The van der Waals surface area contributed by atoms with Gasteiger partial charge in [0.1, 0.15) is 6.29 Å². The molecule has 1 fully saturated rings. The number of ether oxygens (including phenoxy) is 2. The van der Waals surface area contributed by atoms with Crippen molar-refractivity contribution in [2.75, 3.05) is 52.5 Å².